The Morgan fingerprint density at radius 1 is 1.56 bits per heavy atom. The van der Waals surface area contributed by atoms with Crippen LogP contribution in [0.4, 0.5) is 0 Å². The summed E-state index contributed by atoms with van der Waals surface area (Å²) in [6.07, 6.45) is 2.88. The van der Waals surface area contributed by atoms with Gasteiger partial charge in [0.05, 0.1) is 5.75 Å². The molecular weight excluding hydrogens is 250 g/mol. The van der Waals surface area contributed by atoms with Crippen LogP contribution in [0.15, 0.2) is 0 Å². The molecule has 1 rings (SSSR count). The average molecular weight is 267 g/mol. The molecule has 0 radical (unpaired) electrons. The fourth-order valence-corrected chi connectivity index (χ4v) is 3.93. The third-order valence-electron chi connectivity index (χ3n) is 2.64. The Labute approximate surface area is 99.7 Å². The number of aliphatic carboxylic acids is 1. The highest BCUT2D eigenvalue weighted by Gasteiger charge is 2.47. The monoisotopic (exact) mass is 267 g/mol. The fraction of sp³-hybridized carbons (Fsp3) is 0.889. The summed E-state index contributed by atoms with van der Waals surface area (Å²) in [5, 5.41) is 9.05. The zero-order valence-corrected chi connectivity index (χ0v) is 10.8. The zero-order chi connectivity index (χ0) is 12.4. The number of hydrogen-bond donors (Lipinski definition) is 2. The minimum absolute atomic E-state index is 0.0516. The van der Waals surface area contributed by atoms with Gasteiger partial charge in [-0.1, -0.05) is 0 Å². The van der Waals surface area contributed by atoms with Gasteiger partial charge in [0.2, 0.25) is 0 Å². The predicted octanol–water partition coefficient (Wildman–Crippen LogP) is -0.0437. The second kappa shape index (κ2) is 4.93. The van der Waals surface area contributed by atoms with Crippen molar-refractivity contribution in [1.82, 2.24) is 0 Å². The van der Waals surface area contributed by atoms with Crippen LogP contribution in [0.5, 0.6) is 0 Å². The largest absolute Gasteiger partial charge is 0.480 e. The highest BCUT2D eigenvalue weighted by atomic mass is 32.2. The standard InChI is InChI=1S/C9H17NO4S2/c1-16(13,14)5-4-15-6-9(10,8(11)12)7-2-3-7/h7H,2-6,10H2,1H3,(H,11,12). The van der Waals surface area contributed by atoms with Gasteiger partial charge in [-0.2, -0.15) is 11.8 Å². The van der Waals surface area contributed by atoms with Gasteiger partial charge in [-0.15, -0.1) is 0 Å². The summed E-state index contributed by atoms with van der Waals surface area (Å²) in [5.41, 5.74) is 4.65. The number of nitrogens with two attached hydrogens (primary N) is 1. The maximum atomic E-state index is 11.0. The van der Waals surface area contributed by atoms with Crippen molar-refractivity contribution in [3.8, 4) is 0 Å². The van der Waals surface area contributed by atoms with Gasteiger partial charge >= 0.3 is 5.97 Å². The molecular formula is C9H17NO4S2. The molecule has 0 bridgehead atoms. The van der Waals surface area contributed by atoms with Crippen LogP contribution in [-0.2, 0) is 14.6 Å². The molecule has 0 saturated heterocycles. The van der Waals surface area contributed by atoms with Crippen molar-refractivity contribution in [2.75, 3.05) is 23.5 Å². The molecule has 0 spiro atoms. The number of carbonyl (C=O) groups is 1. The van der Waals surface area contributed by atoms with E-state index in [1.165, 1.54) is 18.0 Å². The van der Waals surface area contributed by atoms with E-state index >= 15 is 0 Å². The van der Waals surface area contributed by atoms with Crippen LogP contribution in [0, 0.1) is 5.92 Å². The van der Waals surface area contributed by atoms with Gasteiger partial charge in [0.15, 0.2) is 0 Å². The van der Waals surface area contributed by atoms with E-state index in [1.807, 2.05) is 0 Å². The molecule has 1 unspecified atom stereocenters. The van der Waals surface area contributed by atoms with Crippen molar-refractivity contribution < 1.29 is 18.3 Å². The first-order chi connectivity index (χ1) is 7.26. The van der Waals surface area contributed by atoms with E-state index in [4.69, 9.17) is 10.8 Å². The first kappa shape index (κ1) is 13.8. The van der Waals surface area contributed by atoms with Crippen LogP contribution in [0.2, 0.25) is 0 Å². The number of thioether (sulfide) groups is 1. The molecule has 1 fully saturated rings. The number of carboxylic acid groups (broad SMARTS) is 1. The van der Waals surface area contributed by atoms with E-state index in [1.54, 1.807) is 0 Å². The maximum Gasteiger partial charge on any atom is 0.324 e. The van der Waals surface area contributed by atoms with Crippen LogP contribution >= 0.6 is 11.8 Å². The zero-order valence-electron chi connectivity index (χ0n) is 9.18. The summed E-state index contributed by atoms with van der Waals surface area (Å²) in [5.74, 6) is -0.184. The quantitative estimate of drug-likeness (QED) is 0.628. The molecule has 1 saturated carbocycles. The van der Waals surface area contributed by atoms with Crippen molar-refractivity contribution in [3.63, 3.8) is 0 Å². The van der Waals surface area contributed by atoms with Crippen molar-refractivity contribution >= 4 is 27.6 Å². The Morgan fingerprint density at radius 3 is 2.50 bits per heavy atom. The van der Waals surface area contributed by atoms with Gasteiger partial charge in [0.1, 0.15) is 15.4 Å². The molecule has 16 heavy (non-hydrogen) atoms. The Kier molecular flexibility index (Phi) is 4.25. The molecule has 0 aromatic rings. The lowest BCUT2D eigenvalue weighted by Crippen LogP contribution is -2.52. The minimum Gasteiger partial charge on any atom is -0.480 e. The van der Waals surface area contributed by atoms with Gasteiger partial charge in [-0.3, -0.25) is 4.79 Å². The van der Waals surface area contributed by atoms with E-state index in [2.05, 4.69) is 0 Å². The Balaban J connectivity index is 2.37. The molecule has 1 atom stereocenters. The first-order valence-electron chi connectivity index (χ1n) is 5.03. The van der Waals surface area contributed by atoms with Crippen LogP contribution in [0.3, 0.4) is 0 Å². The third-order valence-corrected chi connectivity index (χ3v) is 5.02. The van der Waals surface area contributed by atoms with Crippen LogP contribution in [-0.4, -0.2) is 48.5 Å². The van der Waals surface area contributed by atoms with E-state index in [0.717, 1.165) is 12.8 Å². The predicted molar refractivity (Wildman–Crippen MR) is 64.3 cm³/mol. The SMILES string of the molecule is CS(=O)(=O)CCSCC(N)(C(=O)O)C1CC1. The topological polar surface area (TPSA) is 97.5 Å². The lowest BCUT2D eigenvalue weighted by molar-refractivity contribution is -0.143. The molecule has 0 aromatic carbocycles. The summed E-state index contributed by atoms with van der Waals surface area (Å²) in [4.78, 5) is 11.0. The molecule has 0 aromatic heterocycles. The smallest absolute Gasteiger partial charge is 0.324 e. The maximum absolute atomic E-state index is 11.0. The summed E-state index contributed by atoms with van der Waals surface area (Å²) < 4.78 is 21.7. The normalized spacial score (nSPS) is 20.4. The molecule has 0 amide bonds. The average Bonchev–Trinajstić information content (AvgIpc) is 2.93. The summed E-state index contributed by atoms with van der Waals surface area (Å²) in [6, 6.07) is 0. The van der Waals surface area contributed by atoms with Crippen LogP contribution in [0.25, 0.3) is 0 Å². The minimum atomic E-state index is -2.98. The van der Waals surface area contributed by atoms with Gasteiger partial charge in [0, 0.05) is 17.8 Å². The summed E-state index contributed by atoms with van der Waals surface area (Å²) >= 11 is 1.30. The molecule has 5 nitrogen and oxygen atoms in total. The summed E-state index contributed by atoms with van der Waals surface area (Å²) in [6.45, 7) is 0. The molecule has 3 N–H and O–H groups in total. The second-order valence-electron chi connectivity index (χ2n) is 4.30. The molecule has 94 valence electrons. The van der Waals surface area contributed by atoms with E-state index < -0.39 is 21.3 Å². The van der Waals surface area contributed by atoms with Crippen molar-refractivity contribution in [1.29, 1.82) is 0 Å². The molecule has 1 aliphatic carbocycles. The lowest BCUT2D eigenvalue weighted by atomic mass is 9.98. The van der Waals surface area contributed by atoms with Crippen LogP contribution < -0.4 is 5.73 Å². The van der Waals surface area contributed by atoms with E-state index in [-0.39, 0.29) is 17.4 Å². The molecule has 0 heterocycles. The Bertz CT molecular complexity index is 364. The highest BCUT2D eigenvalue weighted by molar-refractivity contribution is 8.00. The van der Waals surface area contributed by atoms with Crippen LogP contribution in [0.1, 0.15) is 12.8 Å². The lowest BCUT2D eigenvalue weighted by Gasteiger charge is -2.23. The van der Waals surface area contributed by atoms with Gasteiger partial charge in [0.25, 0.3) is 0 Å². The Morgan fingerprint density at radius 2 is 2.12 bits per heavy atom. The summed E-state index contributed by atoms with van der Waals surface area (Å²) in [7, 11) is -2.98. The molecule has 7 heteroatoms. The number of sulfone groups is 1. The highest BCUT2D eigenvalue weighted by Crippen LogP contribution is 2.40. The fourth-order valence-electron chi connectivity index (χ4n) is 1.40. The number of rotatable bonds is 7. The van der Waals surface area contributed by atoms with Gasteiger partial charge in [-0.05, 0) is 18.8 Å². The first-order valence-corrected chi connectivity index (χ1v) is 8.25. The molecule has 1 aliphatic rings. The Hall–Kier alpha value is -0.270. The second-order valence-corrected chi connectivity index (χ2v) is 7.67. The van der Waals surface area contributed by atoms with E-state index in [0.29, 0.717) is 5.75 Å². The van der Waals surface area contributed by atoms with Gasteiger partial charge in [-0.25, -0.2) is 8.42 Å². The number of carboxylic acids is 1. The van der Waals surface area contributed by atoms with E-state index in [9.17, 15) is 13.2 Å². The van der Waals surface area contributed by atoms with Crippen molar-refractivity contribution in [2.45, 2.75) is 18.4 Å². The molecule has 0 aliphatic heterocycles. The third kappa shape index (κ3) is 3.95. The number of hydrogen-bond acceptors (Lipinski definition) is 5. The van der Waals surface area contributed by atoms with Crippen molar-refractivity contribution in [3.05, 3.63) is 0 Å². The van der Waals surface area contributed by atoms with Gasteiger partial charge < -0.3 is 10.8 Å². The van der Waals surface area contributed by atoms with Crippen molar-refractivity contribution in [2.24, 2.45) is 11.7 Å².